The van der Waals surface area contributed by atoms with Gasteiger partial charge in [-0.05, 0) is 36.4 Å². The molecule has 44 heavy (non-hydrogen) atoms. The minimum atomic E-state index is -6.38. The minimum absolute atomic E-state index is 0.00483. The van der Waals surface area contributed by atoms with Crippen LogP contribution in [0.2, 0.25) is 0 Å². The first-order chi connectivity index (χ1) is 20.9. The molecule has 4 rings (SSSR count). The molecule has 0 N–H and O–H groups in total. The normalized spacial score (nSPS) is 22.0. The molecule has 0 radical (unpaired) electrons. The van der Waals surface area contributed by atoms with Crippen molar-refractivity contribution in [2.24, 2.45) is 0 Å². The SMILES string of the molecule is CO[C@H]1O[C@H](COC(=O)c2ccccc2)[C@@H](OS(=O)(=O)C(F)(F)F)[C@H](OC(=O)c2ccccc2)[C@H]1OC(=O)c1ccccc1. The number of alkyl halides is 3. The maximum absolute atomic E-state index is 13.5. The van der Waals surface area contributed by atoms with E-state index in [4.69, 9.17) is 23.7 Å². The Balaban J connectivity index is 1.74. The van der Waals surface area contributed by atoms with Crippen molar-refractivity contribution in [2.45, 2.75) is 36.2 Å². The molecular weight excluding hydrogens is 613 g/mol. The molecule has 1 aliphatic heterocycles. The molecule has 0 saturated carbocycles. The Morgan fingerprint density at radius 1 is 0.705 bits per heavy atom. The van der Waals surface area contributed by atoms with E-state index in [1.54, 1.807) is 18.2 Å². The fourth-order valence-electron chi connectivity index (χ4n) is 4.13. The molecule has 0 spiro atoms. The van der Waals surface area contributed by atoms with Crippen molar-refractivity contribution in [3.05, 3.63) is 108 Å². The zero-order valence-electron chi connectivity index (χ0n) is 22.8. The Morgan fingerprint density at radius 2 is 1.14 bits per heavy atom. The van der Waals surface area contributed by atoms with Crippen LogP contribution in [0.5, 0.6) is 0 Å². The van der Waals surface area contributed by atoms with Crippen molar-refractivity contribution in [1.29, 1.82) is 0 Å². The van der Waals surface area contributed by atoms with E-state index < -0.39 is 70.8 Å². The first kappa shape index (κ1) is 32.6. The summed E-state index contributed by atoms with van der Waals surface area (Å²) in [6.45, 7) is -0.885. The van der Waals surface area contributed by atoms with Crippen molar-refractivity contribution in [3.8, 4) is 0 Å². The number of benzene rings is 3. The zero-order valence-corrected chi connectivity index (χ0v) is 23.6. The van der Waals surface area contributed by atoms with Crippen molar-refractivity contribution in [1.82, 2.24) is 0 Å². The average Bonchev–Trinajstić information content (AvgIpc) is 3.02. The molecule has 1 aliphatic rings. The van der Waals surface area contributed by atoms with Crippen LogP contribution in [-0.4, -0.2) is 76.3 Å². The molecule has 1 fully saturated rings. The second-order valence-electron chi connectivity index (χ2n) is 9.18. The van der Waals surface area contributed by atoms with E-state index in [0.717, 1.165) is 7.11 Å². The minimum Gasteiger partial charge on any atom is -0.459 e. The Bertz CT molecular complexity index is 1530. The smallest absolute Gasteiger partial charge is 0.459 e. The number of esters is 3. The lowest BCUT2D eigenvalue weighted by Gasteiger charge is -2.43. The average molecular weight is 639 g/mol. The third kappa shape index (κ3) is 7.79. The van der Waals surface area contributed by atoms with Gasteiger partial charge in [0.25, 0.3) is 0 Å². The number of methoxy groups -OCH3 is 1. The fraction of sp³-hybridized carbons (Fsp3) is 0.276. The van der Waals surface area contributed by atoms with Gasteiger partial charge in [0.1, 0.15) is 18.8 Å². The maximum Gasteiger partial charge on any atom is 0.523 e. The molecule has 3 aromatic rings. The second-order valence-corrected chi connectivity index (χ2v) is 10.7. The largest absolute Gasteiger partial charge is 0.523 e. The topological polar surface area (TPSA) is 141 Å². The molecule has 1 saturated heterocycles. The molecule has 5 atom stereocenters. The summed E-state index contributed by atoms with van der Waals surface area (Å²) in [5.74, 6) is -3.10. The Hall–Kier alpha value is -4.31. The van der Waals surface area contributed by atoms with E-state index in [-0.39, 0.29) is 16.7 Å². The highest BCUT2D eigenvalue weighted by molar-refractivity contribution is 7.87. The van der Waals surface area contributed by atoms with Gasteiger partial charge in [0.2, 0.25) is 0 Å². The summed E-state index contributed by atoms with van der Waals surface area (Å²) in [5, 5.41) is 0. The lowest BCUT2D eigenvalue weighted by Crippen LogP contribution is -2.63. The third-order valence-corrected chi connectivity index (χ3v) is 7.28. The molecule has 3 aromatic carbocycles. The van der Waals surface area contributed by atoms with Gasteiger partial charge in [-0.25, -0.2) is 14.4 Å². The van der Waals surface area contributed by atoms with Crippen LogP contribution in [0.3, 0.4) is 0 Å². The number of hydrogen-bond donors (Lipinski definition) is 0. The van der Waals surface area contributed by atoms with Gasteiger partial charge >= 0.3 is 33.5 Å². The Labute approximate surface area is 249 Å². The molecule has 11 nitrogen and oxygen atoms in total. The summed E-state index contributed by atoms with van der Waals surface area (Å²) in [5.41, 5.74) is -5.94. The van der Waals surface area contributed by atoms with Gasteiger partial charge in [-0.2, -0.15) is 21.6 Å². The van der Waals surface area contributed by atoms with Gasteiger partial charge in [0.15, 0.2) is 18.5 Å². The summed E-state index contributed by atoms with van der Waals surface area (Å²) < 4.78 is 96.6. The summed E-state index contributed by atoms with van der Waals surface area (Å²) in [6.07, 6.45) is -9.81. The first-order valence-electron chi connectivity index (χ1n) is 12.8. The number of halogens is 3. The van der Waals surface area contributed by atoms with Gasteiger partial charge in [-0.3, -0.25) is 4.18 Å². The van der Waals surface area contributed by atoms with Crippen molar-refractivity contribution >= 4 is 28.0 Å². The van der Waals surface area contributed by atoms with Gasteiger partial charge < -0.3 is 23.7 Å². The van der Waals surface area contributed by atoms with Gasteiger partial charge in [-0.15, -0.1) is 0 Å². The van der Waals surface area contributed by atoms with E-state index in [0.29, 0.717) is 0 Å². The molecule has 0 amide bonds. The third-order valence-electron chi connectivity index (χ3n) is 6.24. The summed E-state index contributed by atoms with van der Waals surface area (Å²) in [4.78, 5) is 38.7. The molecular formula is C29H25F3O11S. The van der Waals surface area contributed by atoms with Crippen molar-refractivity contribution in [2.75, 3.05) is 13.7 Å². The van der Waals surface area contributed by atoms with Crippen LogP contribution in [0.4, 0.5) is 13.2 Å². The quantitative estimate of drug-likeness (QED) is 0.138. The van der Waals surface area contributed by atoms with Gasteiger partial charge in [0.05, 0.1) is 16.7 Å². The number of rotatable bonds is 10. The van der Waals surface area contributed by atoms with Crippen LogP contribution in [0, 0.1) is 0 Å². The molecule has 234 valence electrons. The van der Waals surface area contributed by atoms with Crippen LogP contribution in [0.1, 0.15) is 31.1 Å². The highest BCUT2D eigenvalue weighted by Crippen LogP contribution is 2.35. The molecule has 0 aliphatic carbocycles. The number of carbonyl (C=O) groups is 3. The van der Waals surface area contributed by atoms with E-state index in [1.807, 2.05) is 0 Å². The van der Waals surface area contributed by atoms with E-state index in [1.165, 1.54) is 72.8 Å². The molecule has 1 heterocycles. The summed E-state index contributed by atoms with van der Waals surface area (Å²) in [7, 11) is -5.29. The highest BCUT2D eigenvalue weighted by Gasteiger charge is 2.57. The fourth-order valence-corrected chi connectivity index (χ4v) is 4.76. The highest BCUT2D eigenvalue weighted by atomic mass is 32.2. The standard InChI is InChI=1S/C29H25F3O11S/c1-38-28-24(42-27(35)20-15-9-4-10-16-20)23(41-26(34)19-13-7-3-8-14-19)22(43-44(36,37)29(30,31)32)21(40-28)17-39-25(33)18-11-5-2-6-12-18/h2-16,21-24,28H,17H2,1H3/t21-,22-,23+,24-,28+/m1/s1. The summed E-state index contributed by atoms with van der Waals surface area (Å²) in [6, 6.07) is 22.0. The monoisotopic (exact) mass is 638 g/mol. The Morgan fingerprint density at radius 3 is 1.57 bits per heavy atom. The zero-order chi connectivity index (χ0) is 31.9. The predicted molar refractivity (Wildman–Crippen MR) is 144 cm³/mol. The van der Waals surface area contributed by atoms with Crippen molar-refractivity contribution in [3.63, 3.8) is 0 Å². The van der Waals surface area contributed by atoms with Crippen LogP contribution < -0.4 is 0 Å². The van der Waals surface area contributed by atoms with Crippen LogP contribution in [0.15, 0.2) is 91.0 Å². The Kier molecular flexibility index (Phi) is 10.4. The molecule has 0 bridgehead atoms. The lowest BCUT2D eigenvalue weighted by molar-refractivity contribution is -0.288. The summed E-state index contributed by atoms with van der Waals surface area (Å²) >= 11 is 0. The van der Waals surface area contributed by atoms with Crippen LogP contribution >= 0.6 is 0 Å². The van der Waals surface area contributed by atoms with Crippen LogP contribution in [-0.2, 0) is 38.0 Å². The van der Waals surface area contributed by atoms with Gasteiger partial charge in [0, 0.05) is 7.11 Å². The number of carbonyl (C=O) groups excluding carboxylic acids is 3. The molecule has 0 unspecified atom stereocenters. The van der Waals surface area contributed by atoms with Crippen LogP contribution in [0.25, 0.3) is 0 Å². The maximum atomic E-state index is 13.5. The number of ether oxygens (including phenoxy) is 5. The molecule has 15 heteroatoms. The second kappa shape index (κ2) is 14.0. The van der Waals surface area contributed by atoms with E-state index in [9.17, 15) is 36.0 Å². The van der Waals surface area contributed by atoms with Crippen molar-refractivity contribution < 1.29 is 63.8 Å². The van der Waals surface area contributed by atoms with Gasteiger partial charge in [-0.1, -0.05) is 54.6 Å². The lowest BCUT2D eigenvalue weighted by atomic mass is 9.98. The van der Waals surface area contributed by atoms with E-state index >= 15 is 0 Å². The number of hydrogen-bond acceptors (Lipinski definition) is 11. The van der Waals surface area contributed by atoms with E-state index in [2.05, 4.69) is 4.18 Å². The predicted octanol–water partition coefficient (Wildman–Crippen LogP) is 3.90. The molecule has 0 aromatic heterocycles. The first-order valence-corrected chi connectivity index (χ1v) is 14.2.